The molecule has 64 valence electrons. The summed E-state index contributed by atoms with van der Waals surface area (Å²) in [6.07, 6.45) is 1.57. The molecule has 3 nitrogen and oxygen atoms in total. The van der Waals surface area contributed by atoms with E-state index in [0.29, 0.717) is 10.6 Å². The molecule has 0 aromatic carbocycles. The van der Waals surface area contributed by atoms with E-state index in [1.54, 1.807) is 32.4 Å². The Labute approximate surface area is 76.8 Å². The number of pyridine rings is 1. The first kappa shape index (κ1) is 9.06. The molecule has 1 amide bonds. The predicted molar refractivity (Wildman–Crippen MR) is 49.5 cm³/mol. The van der Waals surface area contributed by atoms with Gasteiger partial charge in [0.1, 0.15) is 0 Å². The van der Waals surface area contributed by atoms with Crippen molar-refractivity contribution >= 4 is 18.5 Å². The number of carbonyl (C=O) groups is 1. The lowest BCUT2D eigenvalue weighted by atomic mass is 10.2. The topological polar surface area (TPSA) is 33.2 Å². The van der Waals surface area contributed by atoms with Crippen molar-refractivity contribution in [2.45, 2.75) is 5.03 Å². The third-order valence-electron chi connectivity index (χ3n) is 1.40. The van der Waals surface area contributed by atoms with Crippen molar-refractivity contribution in [3.8, 4) is 0 Å². The summed E-state index contributed by atoms with van der Waals surface area (Å²) >= 11 is 4.04. The number of amides is 1. The molecule has 0 spiro atoms. The van der Waals surface area contributed by atoms with Crippen molar-refractivity contribution < 1.29 is 4.79 Å². The molecule has 0 radical (unpaired) electrons. The molecular weight excluding hydrogens is 172 g/mol. The van der Waals surface area contributed by atoms with Crippen LogP contribution in [0.4, 0.5) is 0 Å². The van der Waals surface area contributed by atoms with Crippen LogP contribution in [0.3, 0.4) is 0 Å². The maximum Gasteiger partial charge on any atom is 0.253 e. The van der Waals surface area contributed by atoms with Crippen molar-refractivity contribution in [1.29, 1.82) is 0 Å². The zero-order chi connectivity index (χ0) is 9.14. The van der Waals surface area contributed by atoms with Crippen LogP contribution in [-0.4, -0.2) is 29.9 Å². The Bertz CT molecular complexity index is 299. The Hall–Kier alpha value is -1.03. The highest BCUT2D eigenvalue weighted by atomic mass is 32.1. The van der Waals surface area contributed by atoms with E-state index >= 15 is 0 Å². The Morgan fingerprint density at radius 2 is 2.25 bits per heavy atom. The summed E-state index contributed by atoms with van der Waals surface area (Å²) in [6.45, 7) is 0. The minimum Gasteiger partial charge on any atom is -0.345 e. The van der Waals surface area contributed by atoms with Crippen molar-refractivity contribution in [2.24, 2.45) is 0 Å². The number of thiol groups is 1. The number of rotatable bonds is 1. The van der Waals surface area contributed by atoms with E-state index in [9.17, 15) is 4.79 Å². The molecule has 1 aromatic rings. The summed E-state index contributed by atoms with van der Waals surface area (Å²) in [6, 6.07) is 3.31. The van der Waals surface area contributed by atoms with E-state index in [2.05, 4.69) is 17.6 Å². The molecule has 0 bridgehead atoms. The van der Waals surface area contributed by atoms with Gasteiger partial charge in [-0.25, -0.2) is 0 Å². The van der Waals surface area contributed by atoms with Crippen LogP contribution in [0, 0.1) is 0 Å². The molecule has 1 rings (SSSR count). The molecule has 0 aliphatic carbocycles. The fraction of sp³-hybridized carbons (Fsp3) is 0.250. The standard InChI is InChI=1S/C8H10N2OS/c1-10(2)8(11)6-3-4-9-7(12)5-6/h3-5H,1-2H3,(H,9,12). The van der Waals surface area contributed by atoms with Gasteiger partial charge >= 0.3 is 0 Å². The summed E-state index contributed by atoms with van der Waals surface area (Å²) < 4.78 is 0. The Morgan fingerprint density at radius 1 is 1.58 bits per heavy atom. The number of hydrogen-bond acceptors (Lipinski definition) is 3. The summed E-state index contributed by atoms with van der Waals surface area (Å²) in [7, 11) is 3.42. The van der Waals surface area contributed by atoms with Crippen LogP contribution < -0.4 is 0 Å². The molecule has 1 aromatic heterocycles. The van der Waals surface area contributed by atoms with Gasteiger partial charge in [0.05, 0.1) is 5.03 Å². The SMILES string of the molecule is CN(C)C(=O)c1ccnc(S)c1. The molecule has 0 aliphatic heterocycles. The van der Waals surface area contributed by atoms with Gasteiger partial charge in [-0.1, -0.05) is 0 Å². The van der Waals surface area contributed by atoms with Crippen LogP contribution in [0.15, 0.2) is 23.4 Å². The highest BCUT2D eigenvalue weighted by Crippen LogP contribution is 2.06. The highest BCUT2D eigenvalue weighted by molar-refractivity contribution is 7.80. The van der Waals surface area contributed by atoms with Crippen molar-refractivity contribution in [1.82, 2.24) is 9.88 Å². The molecule has 0 saturated carbocycles. The van der Waals surface area contributed by atoms with Crippen LogP contribution in [0.5, 0.6) is 0 Å². The fourth-order valence-corrected chi connectivity index (χ4v) is 1.02. The Kier molecular flexibility index (Phi) is 2.70. The number of nitrogens with zero attached hydrogens (tertiary/aromatic N) is 2. The van der Waals surface area contributed by atoms with Gasteiger partial charge in [0.25, 0.3) is 5.91 Å². The van der Waals surface area contributed by atoms with Crippen molar-refractivity contribution in [3.05, 3.63) is 23.9 Å². The van der Waals surface area contributed by atoms with Crippen LogP contribution in [0.25, 0.3) is 0 Å². The lowest BCUT2D eigenvalue weighted by molar-refractivity contribution is 0.0827. The average Bonchev–Trinajstić information content (AvgIpc) is 2.03. The van der Waals surface area contributed by atoms with Gasteiger partial charge < -0.3 is 4.90 Å². The fourth-order valence-electron chi connectivity index (χ4n) is 0.810. The maximum atomic E-state index is 11.4. The van der Waals surface area contributed by atoms with Crippen molar-refractivity contribution in [2.75, 3.05) is 14.1 Å². The van der Waals surface area contributed by atoms with Crippen LogP contribution in [-0.2, 0) is 0 Å². The van der Waals surface area contributed by atoms with Crippen molar-refractivity contribution in [3.63, 3.8) is 0 Å². The van der Waals surface area contributed by atoms with Gasteiger partial charge in [-0.2, -0.15) is 0 Å². The van der Waals surface area contributed by atoms with Crippen LogP contribution in [0.2, 0.25) is 0 Å². The second-order valence-electron chi connectivity index (χ2n) is 2.60. The number of carbonyl (C=O) groups excluding carboxylic acids is 1. The second kappa shape index (κ2) is 3.58. The summed E-state index contributed by atoms with van der Waals surface area (Å²) in [5.41, 5.74) is 0.611. The summed E-state index contributed by atoms with van der Waals surface area (Å²) in [4.78, 5) is 16.8. The lowest BCUT2D eigenvalue weighted by Gasteiger charge is -2.09. The number of hydrogen-bond donors (Lipinski definition) is 1. The first-order chi connectivity index (χ1) is 5.61. The zero-order valence-electron chi connectivity index (χ0n) is 6.98. The maximum absolute atomic E-state index is 11.4. The first-order valence-corrected chi connectivity index (χ1v) is 3.92. The molecule has 1 heterocycles. The smallest absolute Gasteiger partial charge is 0.253 e. The normalized spacial score (nSPS) is 9.58. The largest absolute Gasteiger partial charge is 0.345 e. The van der Waals surface area contributed by atoms with E-state index in [1.807, 2.05) is 0 Å². The third-order valence-corrected chi connectivity index (χ3v) is 1.64. The molecule has 0 aliphatic rings. The van der Waals surface area contributed by atoms with Crippen LogP contribution in [0.1, 0.15) is 10.4 Å². The Morgan fingerprint density at radius 3 is 2.75 bits per heavy atom. The summed E-state index contributed by atoms with van der Waals surface area (Å²) in [5.74, 6) is -0.0345. The molecule has 0 fully saturated rings. The second-order valence-corrected chi connectivity index (χ2v) is 3.06. The highest BCUT2D eigenvalue weighted by Gasteiger charge is 2.06. The molecule has 0 N–H and O–H groups in total. The summed E-state index contributed by atoms with van der Waals surface area (Å²) in [5, 5.41) is 0.558. The van der Waals surface area contributed by atoms with E-state index in [-0.39, 0.29) is 5.91 Å². The molecule has 4 heteroatoms. The van der Waals surface area contributed by atoms with Gasteiger partial charge in [0.2, 0.25) is 0 Å². The van der Waals surface area contributed by atoms with Gasteiger partial charge in [0.15, 0.2) is 0 Å². The quantitative estimate of drug-likeness (QED) is 0.659. The molecule has 0 atom stereocenters. The van der Waals surface area contributed by atoms with E-state index in [4.69, 9.17) is 0 Å². The molecule has 0 unspecified atom stereocenters. The minimum atomic E-state index is -0.0345. The molecule has 0 saturated heterocycles. The van der Waals surface area contributed by atoms with E-state index in [1.165, 1.54) is 4.90 Å². The lowest BCUT2D eigenvalue weighted by Crippen LogP contribution is -2.21. The molecular formula is C8H10N2OS. The first-order valence-electron chi connectivity index (χ1n) is 3.48. The van der Waals surface area contributed by atoms with Gasteiger partial charge in [0, 0.05) is 25.9 Å². The van der Waals surface area contributed by atoms with Crippen LogP contribution >= 0.6 is 12.6 Å². The predicted octanol–water partition coefficient (Wildman–Crippen LogP) is 1.07. The van der Waals surface area contributed by atoms with Gasteiger partial charge in [-0.05, 0) is 12.1 Å². The average molecular weight is 182 g/mol. The number of aromatic nitrogens is 1. The van der Waals surface area contributed by atoms with E-state index < -0.39 is 0 Å². The van der Waals surface area contributed by atoms with Gasteiger partial charge in [-0.15, -0.1) is 12.6 Å². The Balaban J connectivity index is 2.96. The molecule has 12 heavy (non-hydrogen) atoms. The van der Waals surface area contributed by atoms with Gasteiger partial charge in [-0.3, -0.25) is 9.78 Å². The minimum absolute atomic E-state index is 0.0345. The zero-order valence-corrected chi connectivity index (χ0v) is 7.88. The van der Waals surface area contributed by atoms with E-state index in [0.717, 1.165) is 0 Å². The monoisotopic (exact) mass is 182 g/mol. The third kappa shape index (κ3) is 1.98.